The van der Waals surface area contributed by atoms with Gasteiger partial charge in [0.1, 0.15) is 0 Å². The van der Waals surface area contributed by atoms with Crippen molar-refractivity contribution in [3.8, 4) is 5.95 Å². The van der Waals surface area contributed by atoms with Gasteiger partial charge in [0.15, 0.2) is 13.0 Å². The molecule has 2 rings (SSSR count). The number of aryl methyl sites for hydroxylation is 1. The second-order valence-electron chi connectivity index (χ2n) is 3.94. The predicted molar refractivity (Wildman–Crippen MR) is 75.2 cm³/mol. The molecule has 0 saturated carbocycles. The van der Waals surface area contributed by atoms with Crippen LogP contribution < -0.4 is 15.1 Å². The zero-order chi connectivity index (χ0) is 14.5. The van der Waals surface area contributed by atoms with E-state index in [9.17, 15) is 9.90 Å². The van der Waals surface area contributed by atoms with Gasteiger partial charge in [0.05, 0.1) is 5.27 Å². The molecular weight excluding hydrogens is 346 g/mol. The van der Waals surface area contributed by atoms with Gasteiger partial charge >= 0.3 is 0 Å². The molecule has 2 aromatic rings. The molecule has 1 aromatic carbocycles. The second-order valence-corrected chi connectivity index (χ2v) is 5.94. The third kappa shape index (κ3) is 3.97. The highest BCUT2D eigenvalue weighted by Crippen LogP contribution is 2.22. The predicted octanol–water partition coefficient (Wildman–Crippen LogP) is 1.46. The van der Waals surface area contributed by atoms with Crippen LogP contribution in [0.4, 0.5) is 5.69 Å². The van der Waals surface area contributed by atoms with E-state index in [0.717, 1.165) is 10.2 Å². The summed E-state index contributed by atoms with van der Waals surface area (Å²) in [4.78, 5) is 11.7. The van der Waals surface area contributed by atoms with E-state index in [1.807, 2.05) is 24.3 Å². The summed E-state index contributed by atoms with van der Waals surface area (Å²) in [5.74, 6) is -0.107. The van der Waals surface area contributed by atoms with Crippen LogP contribution in [0.2, 0.25) is 0 Å². The van der Waals surface area contributed by atoms with Crippen molar-refractivity contribution < 1.29 is 19.1 Å². The molecule has 0 saturated heterocycles. The molecule has 1 aromatic heterocycles. The maximum absolute atomic E-state index is 11.7. The van der Waals surface area contributed by atoms with Gasteiger partial charge in [-0.15, -0.1) is 0 Å². The largest absolute Gasteiger partial charge is 0.538 e. The molecule has 6 nitrogen and oxygen atoms in total. The number of halogens is 1. The first-order valence-corrected chi connectivity index (χ1v) is 7.55. The quantitative estimate of drug-likeness (QED) is 0.646. The highest BCUT2D eigenvalue weighted by molar-refractivity contribution is 9.10. The Bertz CT molecular complexity index is 581. The monoisotopic (exact) mass is 357 g/mol. The van der Waals surface area contributed by atoms with Crippen LogP contribution in [0.15, 0.2) is 38.3 Å². The van der Waals surface area contributed by atoms with E-state index >= 15 is 0 Å². The van der Waals surface area contributed by atoms with Gasteiger partial charge in [-0.05, 0) is 24.3 Å². The Morgan fingerprint density at radius 1 is 1.50 bits per heavy atom. The summed E-state index contributed by atoms with van der Waals surface area (Å²) in [7, 11) is 1.62. The van der Waals surface area contributed by atoms with E-state index in [0.29, 0.717) is 17.2 Å². The summed E-state index contributed by atoms with van der Waals surface area (Å²) >= 11 is 4.57. The average Bonchev–Trinajstić information content (AvgIpc) is 2.73. The van der Waals surface area contributed by atoms with Crippen LogP contribution in [0.5, 0.6) is 5.95 Å². The van der Waals surface area contributed by atoms with E-state index in [1.165, 1.54) is 16.4 Å². The van der Waals surface area contributed by atoms with Crippen molar-refractivity contribution in [2.24, 2.45) is 7.05 Å². The fraction of sp³-hybridized carbons (Fsp3) is 0.250. The maximum atomic E-state index is 11.7. The number of anilines is 1. The van der Waals surface area contributed by atoms with Crippen LogP contribution in [-0.4, -0.2) is 16.9 Å². The minimum absolute atomic E-state index is 0.105. The number of aromatic nitrogens is 2. The first-order chi connectivity index (χ1) is 9.56. The SMILES string of the molecule is C[n+]1noc([O-])c1SCCC(=O)Nc1ccc(Br)cc1. The number of carbonyl (C=O) groups excluding carboxylic acids is 1. The van der Waals surface area contributed by atoms with Crippen molar-refractivity contribution in [3.05, 3.63) is 28.7 Å². The highest BCUT2D eigenvalue weighted by Gasteiger charge is 2.14. The maximum Gasteiger partial charge on any atom is 0.290 e. The summed E-state index contributed by atoms with van der Waals surface area (Å²) in [6, 6.07) is 7.33. The molecule has 0 aliphatic carbocycles. The van der Waals surface area contributed by atoms with Crippen molar-refractivity contribution in [3.63, 3.8) is 0 Å². The van der Waals surface area contributed by atoms with Gasteiger partial charge in [-0.25, -0.2) is 0 Å². The molecule has 0 atom stereocenters. The third-order valence-corrected chi connectivity index (χ3v) is 4.05. The van der Waals surface area contributed by atoms with Crippen molar-refractivity contribution in [1.29, 1.82) is 0 Å². The average molecular weight is 358 g/mol. The molecule has 1 N–H and O–H groups in total. The molecule has 0 unspecified atom stereocenters. The number of nitrogens with zero attached hydrogens (tertiary/aromatic N) is 2. The molecule has 106 valence electrons. The lowest BCUT2D eigenvalue weighted by Gasteiger charge is -2.04. The smallest absolute Gasteiger partial charge is 0.290 e. The minimum atomic E-state index is -0.481. The summed E-state index contributed by atoms with van der Waals surface area (Å²) in [6.07, 6.45) is 0.297. The molecule has 0 spiro atoms. The van der Waals surface area contributed by atoms with Crippen molar-refractivity contribution in [1.82, 2.24) is 5.27 Å². The second kappa shape index (κ2) is 6.76. The lowest BCUT2D eigenvalue weighted by molar-refractivity contribution is -0.772. The van der Waals surface area contributed by atoms with Gasteiger partial charge in [0.25, 0.3) is 5.03 Å². The summed E-state index contributed by atoms with van der Waals surface area (Å²) in [6.45, 7) is 0. The van der Waals surface area contributed by atoms with Crippen LogP contribution in [-0.2, 0) is 11.8 Å². The number of benzene rings is 1. The van der Waals surface area contributed by atoms with Crippen molar-refractivity contribution in [2.45, 2.75) is 11.4 Å². The van der Waals surface area contributed by atoms with Crippen LogP contribution in [0.25, 0.3) is 0 Å². The highest BCUT2D eigenvalue weighted by atomic mass is 79.9. The fourth-order valence-corrected chi connectivity index (χ4v) is 2.58. The van der Waals surface area contributed by atoms with Crippen LogP contribution in [0.1, 0.15) is 6.42 Å². The minimum Gasteiger partial charge on any atom is -0.538 e. The van der Waals surface area contributed by atoms with Gasteiger partial charge in [0, 0.05) is 22.3 Å². The van der Waals surface area contributed by atoms with Gasteiger partial charge in [-0.3, -0.25) is 4.79 Å². The molecule has 0 bridgehead atoms. The first kappa shape index (κ1) is 14.9. The lowest BCUT2D eigenvalue weighted by atomic mass is 10.3. The molecule has 0 aliphatic heterocycles. The zero-order valence-electron chi connectivity index (χ0n) is 10.6. The number of hydrogen-bond donors (Lipinski definition) is 1. The first-order valence-electron chi connectivity index (χ1n) is 5.77. The van der Waals surface area contributed by atoms with Crippen molar-refractivity contribution in [2.75, 3.05) is 11.1 Å². The summed E-state index contributed by atoms with van der Waals surface area (Å²) in [5.41, 5.74) is 0.739. The summed E-state index contributed by atoms with van der Waals surface area (Å²) < 4.78 is 6.80. The van der Waals surface area contributed by atoms with E-state index in [-0.39, 0.29) is 5.91 Å². The Labute approximate surface area is 128 Å². The summed E-state index contributed by atoms with van der Waals surface area (Å²) in [5, 5.41) is 17.9. The van der Waals surface area contributed by atoms with Gasteiger partial charge < -0.3 is 14.9 Å². The van der Waals surface area contributed by atoms with E-state index in [2.05, 4.69) is 31.0 Å². The van der Waals surface area contributed by atoms with E-state index < -0.39 is 5.95 Å². The fourth-order valence-electron chi connectivity index (χ4n) is 1.46. The Kier molecular flexibility index (Phi) is 5.02. The molecule has 0 radical (unpaired) electrons. The van der Waals surface area contributed by atoms with Gasteiger partial charge in [0.2, 0.25) is 5.91 Å². The van der Waals surface area contributed by atoms with Crippen LogP contribution in [0.3, 0.4) is 0 Å². The molecular formula is C12H12BrN3O3S. The van der Waals surface area contributed by atoms with Gasteiger partial charge in [-0.1, -0.05) is 32.4 Å². The third-order valence-electron chi connectivity index (χ3n) is 2.41. The zero-order valence-corrected chi connectivity index (χ0v) is 13.0. The number of amides is 1. The molecule has 0 aliphatic rings. The molecule has 20 heavy (non-hydrogen) atoms. The Morgan fingerprint density at radius 3 is 2.80 bits per heavy atom. The van der Waals surface area contributed by atoms with Crippen molar-refractivity contribution >= 4 is 39.3 Å². The molecule has 1 heterocycles. The number of thioether (sulfide) groups is 1. The van der Waals surface area contributed by atoms with Crippen LogP contribution >= 0.6 is 27.7 Å². The van der Waals surface area contributed by atoms with Crippen LogP contribution in [0, 0.1) is 0 Å². The normalized spacial score (nSPS) is 10.5. The number of carbonyl (C=O) groups is 1. The van der Waals surface area contributed by atoms with Gasteiger partial charge in [-0.2, -0.15) is 0 Å². The Hall–Kier alpha value is -1.54. The molecule has 8 heteroatoms. The molecule has 1 amide bonds. The van der Waals surface area contributed by atoms with E-state index in [1.54, 1.807) is 7.05 Å². The van der Waals surface area contributed by atoms with E-state index in [4.69, 9.17) is 0 Å². The molecule has 0 fully saturated rings. The number of hydrogen-bond acceptors (Lipinski definition) is 5. The lowest BCUT2D eigenvalue weighted by Crippen LogP contribution is -2.32. The number of nitrogens with one attached hydrogen (secondary N) is 1. The standard InChI is InChI=1S/C12H12BrN3O3S/c1-16-11(12(18)19-15-16)20-7-6-10(17)14-9-4-2-8(13)3-5-9/h2-5H,6-7H2,1H3,(H-,14,15,17,18). The number of rotatable bonds is 5. The Balaban J connectivity index is 1.79. The topological polar surface area (TPSA) is 82.1 Å². The Morgan fingerprint density at radius 2 is 2.20 bits per heavy atom.